The van der Waals surface area contributed by atoms with E-state index in [2.05, 4.69) is 0 Å². The van der Waals surface area contributed by atoms with Crippen molar-refractivity contribution >= 4 is 12.4 Å². The molecule has 0 aromatic heterocycles. The van der Waals surface area contributed by atoms with E-state index < -0.39 is 18.3 Å². The smallest absolute Gasteiger partial charge is 0.416 e. The average molecular weight is 318 g/mol. The van der Waals surface area contributed by atoms with Crippen molar-refractivity contribution in [3.05, 3.63) is 17.7 Å². The summed E-state index contributed by atoms with van der Waals surface area (Å²) in [6.07, 6.45) is -7.66. The van der Waals surface area contributed by atoms with Crippen molar-refractivity contribution in [2.75, 3.05) is 14.2 Å². The van der Waals surface area contributed by atoms with Crippen molar-refractivity contribution in [1.29, 1.82) is 0 Å². The van der Waals surface area contributed by atoms with E-state index in [-0.39, 0.29) is 35.2 Å². The molecule has 0 saturated carbocycles. The Labute approximate surface area is 119 Å². The van der Waals surface area contributed by atoms with Crippen LogP contribution in [0.5, 0.6) is 17.2 Å². The molecule has 0 radical (unpaired) electrons. The zero-order valence-electron chi connectivity index (χ0n) is 10.6. The Morgan fingerprint density at radius 3 is 1.85 bits per heavy atom. The molecule has 1 aromatic carbocycles. The summed E-state index contributed by atoms with van der Waals surface area (Å²) in [5.74, 6) is -0.466. The van der Waals surface area contributed by atoms with Gasteiger partial charge in [-0.15, -0.1) is 12.4 Å². The second kappa shape index (κ2) is 6.87. The molecule has 1 rings (SSSR count). The SMILES string of the molecule is COc1cc(O)cc(OC)c1[C@@H](N)[C@@H](O)C(F)(F)F.Cl. The van der Waals surface area contributed by atoms with Crippen LogP contribution < -0.4 is 15.2 Å². The number of methoxy groups -OCH3 is 2. The molecule has 0 aliphatic rings. The van der Waals surface area contributed by atoms with Gasteiger partial charge in [0.15, 0.2) is 6.10 Å². The van der Waals surface area contributed by atoms with Gasteiger partial charge >= 0.3 is 6.18 Å². The molecule has 0 spiro atoms. The van der Waals surface area contributed by atoms with Crippen LogP contribution in [0.2, 0.25) is 0 Å². The van der Waals surface area contributed by atoms with Crippen molar-refractivity contribution < 1.29 is 32.9 Å². The molecule has 1 aromatic rings. The lowest BCUT2D eigenvalue weighted by Gasteiger charge is -2.24. The lowest BCUT2D eigenvalue weighted by atomic mass is 9.99. The number of halogens is 4. The molecule has 0 unspecified atom stereocenters. The monoisotopic (exact) mass is 317 g/mol. The Balaban J connectivity index is 0.00000361. The third-order valence-corrected chi connectivity index (χ3v) is 2.54. The number of alkyl halides is 3. The number of ether oxygens (including phenoxy) is 2. The van der Waals surface area contributed by atoms with E-state index >= 15 is 0 Å². The molecule has 2 atom stereocenters. The van der Waals surface area contributed by atoms with Gasteiger partial charge in [-0.1, -0.05) is 0 Å². The molecule has 0 amide bonds. The van der Waals surface area contributed by atoms with Gasteiger partial charge < -0.3 is 25.4 Å². The van der Waals surface area contributed by atoms with Gasteiger partial charge in [-0.25, -0.2) is 0 Å². The number of phenols is 1. The molecular weight excluding hydrogens is 303 g/mol. The largest absolute Gasteiger partial charge is 0.508 e. The van der Waals surface area contributed by atoms with Crippen LogP contribution in [0.25, 0.3) is 0 Å². The van der Waals surface area contributed by atoms with E-state index in [0.29, 0.717) is 0 Å². The van der Waals surface area contributed by atoms with E-state index in [0.717, 1.165) is 12.1 Å². The summed E-state index contributed by atoms with van der Waals surface area (Å²) in [5.41, 5.74) is 5.24. The Morgan fingerprint density at radius 1 is 1.15 bits per heavy atom. The lowest BCUT2D eigenvalue weighted by Crippen LogP contribution is -2.39. The van der Waals surface area contributed by atoms with Gasteiger partial charge in [0.25, 0.3) is 0 Å². The Morgan fingerprint density at radius 2 is 1.55 bits per heavy atom. The topological polar surface area (TPSA) is 84.9 Å². The molecule has 116 valence electrons. The fraction of sp³-hybridized carbons (Fsp3) is 0.455. The summed E-state index contributed by atoms with van der Waals surface area (Å²) in [4.78, 5) is 0. The maximum absolute atomic E-state index is 12.5. The second-order valence-corrected chi connectivity index (χ2v) is 3.78. The van der Waals surface area contributed by atoms with Crippen molar-refractivity contribution in [3.63, 3.8) is 0 Å². The van der Waals surface area contributed by atoms with Gasteiger partial charge in [-0.2, -0.15) is 13.2 Å². The van der Waals surface area contributed by atoms with Crippen LogP contribution in [-0.4, -0.2) is 36.7 Å². The normalized spacial score (nSPS) is 14.2. The highest BCUT2D eigenvalue weighted by molar-refractivity contribution is 5.85. The Hall–Kier alpha value is -1.38. The number of hydrogen-bond donors (Lipinski definition) is 3. The van der Waals surface area contributed by atoms with Crippen molar-refractivity contribution in [2.24, 2.45) is 5.73 Å². The lowest BCUT2D eigenvalue weighted by molar-refractivity contribution is -0.210. The van der Waals surface area contributed by atoms with Gasteiger partial charge in [0.2, 0.25) is 0 Å². The van der Waals surface area contributed by atoms with E-state index in [4.69, 9.17) is 15.2 Å². The maximum Gasteiger partial charge on any atom is 0.416 e. The van der Waals surface area contributed by atoms with E-state index in [9.17, 15) is 23.4 Å². The summed E-state index contributed by atoms with van der Waals surface area (Å²) >= 11 is 0. The van der Waals surface area contributed by atoms with Gasteiger partial charge in [0.1, 0.15) is 17.2 Å². The molecule has 4 N–H and O–H groups in total. The zero-order valence-corrected chi connectivity index (χ0v) is 11.5. The first-order chi connectivity index (χ1) is 8.72. The molecule has 0 aliphatic carbocycles. The van der Waals surface area contributed by atoms with Gasteiger partial charge in [-0.3, -0.25) is 0 Å². The first-order valence-corrected chi connectivity index (χ1v) is 5.17. The first-order valence-electron chi connectivity index (χ1n) is 5.17. The van der Waals surface area contributed by atoms with Gasteiger partial charge in [0.05, 0.1) is 25.8 Å². The third-order valence-electron chi connectivity index (χ3n) is 2.54. The minimum Gasteiger partial charge on any atom is -0.508 e. The average Bonchev–Trinajstić information content (AvgIpc) is 2.34. The van der Waals surface area contributed by atoms with Crippen molar-refractivity contribution in [2.45, 2.75) is 18.3 Å². The number of hydrogen-bond acceptors (Lipinski definition) is 5. The number of aliphatic hydroxyl groups excluding tert-OH is 1. The number of aromatic hydroxyl groups is 1. The van der Waals surface area contributed by atoms with Crippen LogP contribution in [-0.2, 0) is 0 Å². The molecule has 0 bridgehead atoms. The number of phenolic OH excluding ortho intramolecular Hbond substituents is 1. The number of aliphatic hydroxyl groups is 1. The van der Waals surface area contributed by atoms with Crippen LogP contribution >= 0.6 is 12.4 Å². The van der Waals surface area contributed by atoms with Crippen LogP contribution in [0.15, 0.2) is 12.1 Å². The predicted molar refractivity (Wildman–Crippen MR) is 67.4 cm³/mol. The summed E-state index contributed by atoms with van der Waals surface area (Å²) in [5, 5.41) is 18.6. The third kappa shape index (κ3) is 3.81. The minimum atomic E-state index is -4.88. The Bertz CT molecular complexity index is 431. The molecule has 20 heavy (non-hydrogen) atoms. The highest BCUT2D eigenvalue weighted by atomic mass is 35.5. The molecular formula is C11H15ClF3NO4. The first kappa shape index (κ1) is 18.6. The van der Waals surface area contributed by atoms with Gasteiger partial charge in [-0.05, 0) is 0 Å². The molecule has 5 nitrogen and oxygen atoms in total. The van der Waals surface area contributed by atoms with Gasteiger partial charge in [0, 0.05) is 12.1 Å². The van der Waals surface area contributed by atoms with E-state index in [1.165, 1.54) is 14.2 Å². The fourth-order valence-electron chi connectivity index (χ4n) is 1.61. The number of nitrogens with two attached hydrogens (primary N) is 1. The fourth-order valence-corrected chi connectivity index (χ4v) is 1.61. The van der Waals surface area contributed by atoms with E-state index in [1.54, 1.807) is 0 Å². The number of benzene rings is 1. The van der Waals surface area contributed by atoms with Crippen molar-refractivity contribution in [3.8, 4) is 17.2 Å². The summed E-state index contributed by atoms with van der Waals surface area (Å²) in [7, 11) is 2.40. The predicted octanol–water partition coefficient (Wildman–Crippen LogP) is 1.75. The second-order valence-electron chi connectivity index (χ2n) is 3.78. The molecule has 0 saturated heterocycles. The van der Waals surface area contributed by atoms with Crippen LogP contribution in [0.1, 0.15) is 11.6 Å². The standard InChI is InChI=1S/C11H14F3NO4.ClH/c1-18-6-3-5(16)4-7(19-2)8(6)9(15)10(17)11(12,13)14;/h3-4,9-10,16-17H,15H2,1-2H3;1H/t9-,10-;/m1./s1. The highest BCUT2D eigenvalue weighted by Crippen LogP contribution is 2.40. The highest BCUT2D eigenvalue weighted by Gasteiger charge is 2.44. The molecule has 9 heteroatoms. The molecule has 0 aliphatic heterocycles. The quantitative estimate of drug-likeness (QED) is 0.788. The van der Waals surface area contributed by atoms with Crippen LogP contribution in [0.4, 0.5) is 13.2 Å². The summed E-state index contributed by atoms with van der Waals surface area (Å²) < 4.78 is 47.1. The molecule has 0 fully saturated rings. The number of rotatable bonds is 4. The Kier molecular flexibility index (Phi) is 6.39. The minimum absolute atomic E-state index is 0. The summed E-state index contributed by atoms with van der Waals surface area (Å²) in [6, 6.07) is 0.368. The zero-order chi connectivity index (χ0) is 14.8. The molecule has 0 heterocycles. The van der Waals surface area contributed by atoms with E-state index in [1.807, 2.05) is 0 Å². The maximum atomic E-state index is 12.5. The summed E-state index contributed by atoms with van der Waals surface area (Å²) in [6.45, 7) is 0. The van der Waals surface area contributed by atoms with Crippen molar-refractivity contribution in [1.82, 2.24) is 0 Å². The van der Waals surface area contributed by atoms with Crippen LogP contribution in [0.3, 0.4) is 0 Å². The van der Waals surface area contributed by atoms with Crippen LogP contribution in [0, 0.1) is 0 Å².